The summed E-state index contributed by atoms with van der Waals surface area (Å²) in [7, 11) is 0. The number of aliphatic imine (C=N–C) groups is 1. The molecule has 0 spiro atoms. The van der Waals surface area contributed by atoms with E-state index in [0.717, 1.165) is 16.6 Å². The number of thioether (sulfide) groups is 1. The van der Waals surface area contributed by atoms with Crippen molar-refractivity contribution in [2.24, 2.45) is 4.99 Å². The minimum absolute atomic E-state index is 0.153. The van der Waals surface area contributed by atoms with E-state index in [1.807, 2.05) is 6.92 Å². The number of alkyl halides is 2. The standard InChI is InChI=1S/C11H12F2N2OS/c1-7-6-17-11(14-7)15-8-2-4-9(5-3-8)16-10(12)13/h2-5,7,10H,6H2,1H3,(H,14,15). The molecule has 0 saturated carbocycles. The van der Waals surface area contributed by atoms with Gasteiger partial charge in [0.2, 0.25) is 0 Å². The van der Waals surface area contributed by atoms with Gasteiger partial charge in [-0.25, -0.2) is 0 Å². The predicted octanol–water partition coefficient (Wildman–Crippen LogP) is 3.19. The van der Waals surface area contributed by atoms with Crippen LogP contribution in [0.15, 0.2) is 29.3 Å². The third kappa shape index (κ3) is 3.59. The Hall–Kier alpha value is -1.30. The summed E-state index contributed by atoms with van der Waals surface area (Å²) in [6, 6.07) is 6.69. The number of nitrogens with one attached hydrogen (secondary N) is 1. The number of rotatable bonds is 3. The van der Waals surface area contributed by atoms with Crippen molar-refractivity contribution in [3.63, 3.8) is 0 Å². The molecule has 2 rings (SSSR count). The van der Waals surface area contributed by atoms with Crippen LogP contribution in [-0.4, -0.2) is 23.6 Å². The predicted molar refractivity (Wildman–Crippen MR) is 66.1 cm³/mol. The Morgan fingerprint density at radius 1 is 1.41 bits per heavy atom. The molecule has 1 aliphatic rings. The van der Waals surface area contributed by atoms with Crippen LogP contribution in [0.3, 0.4) is 0 Å². The molecule has 0 aromatic heterocycles. The molecule has 0 radical (unpaired) electrons. The van der Waals surface area contributed by atoms with Crippen molar-refractivity contribution in [2.45, 2.75) is 19.6 Å². The second kappa shape index (κ2) is 5.35. The van der Waals surface area contributed by atoms with Crippen molar-refractivity contribution in [1.82, 2.24) is 0 Å². The minimum atomic E-state index is -2.79. The van der Waals surface area contributed by atoms with E-state index in [2.05, 4.69) is 15.0 Å². The molecule has 0 bridgehead atoms. The number of anilines is 1. The molecular formula is C11H12F2N2OS. The Morgan fingerprint density at radius 3 is 2.65 bits per heavy atom. The fourth-order valence-corrected chi connectivity index (χ4v) is 2.30. The molecule has 17 heavy (non-hydrogen) atoms. The monoisotopic (exact) mass is 258 g/mol. The van der Waals surface area contributed by atoms with Gasteiger partial charge in [0, 0.05) is 11.4 Å². The molecule has 0 aliphatic carbocycles. The average molecular weight is 258 g/mol. The van der Waals surface area contributed by atoms with Crippen molar-refractivity contribution in [1.29, 1.82) is 0 Å². The number of halogens is 2. The first-order chi connectivity index (χ1) is 8.13. The zero-order chi connectivity index (χ0) is 12.3. The Balaban J connectivity index is 1.96. The first-order valence-corrected chi connectivity index (χ1v) is 6.14. The average Bonchev–Trinajstić information content (AvgIpc) is 2.66. The third-order valence-electron chi connectivity index (χ3n) is 2.13. The Bertz CT molecular complexity index is 408. The van der Waals surface area contributed by atoms with Crippen molar-refractivity contribution in [2.75, 3.05) is 11.1 Å². The highest BCUT2D eigenvalue weighted by atomic mass is 32.2. The van der Waals surface area contributed by atoms with E-state index in [1.54, 1.807) is 23.9 Å². The molecule has 0 fully saturated rings. The summed E-state index contributed by atoms with van der Waals surface area (Å²) in [5.41, 5.74) is 0.812. The van der Waals surface area contributed by atoms with E-state index >= 15 is 0 Å². The maximum atomic E-state index is 11.9. The Morgan fingerprint density at radius 2 is 2.12 bits per heavy atom. The Labute approximate surface area is 102 Å². The molecule has 1 aromatic carbocycles. The minimum Gasteiger partial charge on any atom is -0.435 e. The lowest BCUT2D eigenvalue weighted by molar-refractivity contribution is -0.0498. The summed E-state index contributed by atoms with van der Waals surface area (Å²) in [4.78, 5) is 4.37. The number of hydrogen-bond acceptors (Lipinski definition) is 4. The topological polar surface area (TPSA) is 33.6 Å². The SMILES string of the molecule is CC1CSC(Nc2ccc(OC(F)F)cc2)=N1. The first-order valence-electron chi connectivity index (χ1n) is 5.16. The van der Waals surface area contributed by atoms with Crippen molar-refractivity contribution >= 4 is 22.6 Å². The quantitative estimate of drug-likeness (QED) is 0.904. The summed E-state index contributed by atoms with van der Waals surface area (Å²) in [6.07, 6.45) is 0. The van der Waals surface area contributed by atoms with Crippen molar-refractivity contribution in [3.8, 4) is 5.75 Å². The van der Waals surface area contributed by atoms with Gasteiger partial charge in [0.05, 0.1) is 6.04 Å². The Kier molecular flexibility index (Phi) is 3.83. The zero-order valence-electron chi connectivity index (χ0n) is 9.19. The second-order valence-corrected chi connectivity index (χ2v) is 4.63. The summed E-state index contributed by atoms with van der Waals surface area (Å²) in [5, 5.41) is 3.98. The summed E-state index contributed by atoms with van der Waals surface area (Å²) in [5.74, 6) is 1.12. The van der Waals surface area contributed by atoms with Crippen LogP contribution in [0.5, 0.6) is 5.75 Å². The van der Waals surface area contributed by atoms with Crippen LogP contribution in [0.2, 0.25) is 0 Å². The lowest BCUT2D eigenvalue weighted by Gasteiger charge is -2.07. The molecule has 92 valence electrons. The maximum absolute atomic E-state index is 11.9. The molecule has 0 saturated heterocycles. The largest absolute Gasteiger partial charge is 0.435 e. The zero-order valence-corrected chi connectivity index (χ0v) is 10.0. The highest BCUT2D eigenvalue weighted by molar-refractivity contribution is 8.14. The van der Waals surface area contributed by atoms with Gasteiger partial charge in [0.25, 0.3) is 0 Å². The summed E-state index contributed by atoms with van der Waals surface area (Å²) >= 11 is 1.65. The van der Waals surface area contributed by atoms with Crippen molar-refractivity contribution < 1.29 is 13.5 Å². The van der Waals surface area contributed by atoms with Gasteiger partial charge in [-0.3, -0.25) is 4.99 Å². The van der Waals surface area contributed by atoms with Gasteiger partial charge in [0.15, 0.2) is 5.17 Å². The van der Waals surface area contributed by atoms with Gasteiger partial charge in [-0.1, -0.05) is 11.8 Å². The molecule has 1 heterocycles. The molecule has 1 unspecified atom stereocenters. The van der Waals surface area contributed by atoms with Crippen LogP contribution < -0.4 is 10.1 Å². The van der Waals surface area contributed by atoms with E-state index in [9.17, 15) is 8.78 Å². The molecular weight excluding hydrogens is 246 g/mol. The lowest BCUT2D eigenvalue weighted by Crippen LogP contribution is -2.05. The number of benzene rings is 1. The lowest BCUT2D eigenvalue weighted by atomic mass is 10.3. The van der Waals surface area contributed by atoms with Crippen LogP contribution in [0.4, 0.5) is 14.5 Å². The van der Waals surface area contributed by atoms with Gasteiger partial charge >= 0.3 is 6.61 Å². The fraction of sp³-hybridized carbons (Fsp3) is 0.364. The number of hydrogen-bond donors (Lipinski definition) is 1. The van der Waals surface area contributed by atoms with E-state index in [-0.39, 0.29) is 5.75 Å². The molecule has 3 nitrogen and oxygen atoms in total. The van der Waals surface area contributed by atoms with Gasteiger partial charge in [-0.05, 0) is 31.2 Å². The van der Waals surface area contributed by atoms with Gasteiger partial charge in [0.1, 0.15) is 5.75 Å². The summed E-state index contributed by atoms with van der Waals surface area (Å²) in [6.45, 7) is -0.745. The number of ether oxygens (including phenoxy) is 1. The summed E-state index contributed by atoms with van der Waals surface area (Å²) < 4.78 is 28.1. The van der Waals surface area contributed by atoms with Crippen LogP contribution in [0, 0.1) is 0 Å². The third-order valence-corrected chi connectivity index (χ3v) is 3.26. The first kappa shape index (κ1) is 12.2. The number of amidine groups is 1. The van der Waals surface area contributed by atoms with Crippen LogP contribution in [0.25, 0.3) is 0 Å². The smallest absolute Gasteiger partial charge is 0.387 e. The fourth-order valence-electron chi connectivity index (χ4n) is 1.39. The van der Waals surface area contributed by atoms with E-state index in [1.165, 1.54) is 12.1 Å². The van der Waals surface area contributed by atoms with Crippen LogP contribution >= 0.6 is 11.8 Å². The molecule has 1 aromatic rings. The molecule has 1 N–H and O–H groups in total. The van der Waals surface area contributed by atoms with Crippen molar-refractivity contribution in [3.05, 3.63) is 24.3 Å². The molecule has 1 atom stereocenters. The van der Waals surface area contributed by atoms with Gasteiger partial charge in [-0.15, -0.1) is 0 Å². The highest BCUT2D eigenvalue weighted by Crippen LogP contribution is 2.22. The van der Waals surface area contributed by atoms with Crippen LogP contribution in [-0.2, 0) is 0 Å². The van der Waals surface area contributed by atoms with E-state index in [0.29, 0.717) is 6.04 Å². The van der Waals surface area contributed by atoms with Crippen LogP contribution in [0.1, 0.15) is 6.92 Å². The molecule has 1 aliphatic heterocycles. The normalized spacial score (nSPS) is 19.3. The van der Waals surface area contributed by atoms with E-state index < -0.39 is 6.61 Å². The maximum Gasteiger partial charge on any atom is 0.387 e. The van der Waals surface area contributed by atoms with Gasteiger partial charge < -0.3 is 10.1 Å². The molecule has 0 amide bonds. The second-order valence-electron chi connectivity index (χ2n) is 3.62. The van der Waals surface area contributed by atoms with E-state index in [4.69, 9.17) is 0 Å². The molecule has 6 heteroatoms. The van der Waals surface area contributed by atoms with Gasteiger partial charge in [-0.2, -0.15) is 8.78 Å². The number of nitrogens with zero attached hydrogens (tertiary/aromatic N) is 1. The highest BCUT2D eigenvalue weighted by Gasteiger charge is 2.13.